The second-order valence-electron chi connectivity index (χ2n) is 4.44. The third-order valence-electron chi connectivity index (χ3n) is 3.24. The van der Waals surface area contributed by atoms with Gasteiger partial charge in [0.15, 0.2) is 0 Å². The summed E-state index contributed by atoms with van der Waals surface area (Å²) in [6, 6.07) is 4.09. The van der Waals surface area contributed by atoms with Crippen molar-refractivity contribution in [3.63, 3.8) is 0 Å². The first-order valence-corrected chi connectivity index (χ1v) is 6.15. The number of amidine groups is 1. The number of benzene rings is 1. The van der Waals surface area contributed by atoms with Gasteiger partial charge in [0.25, 0.3) is 0 Å². The summed E-state index contributed by atoms with van der Waals surface area (Å²) < 4.78 is 5.61. The molecule has 2 heterocycles. The van der Waals surface area contributed by atoms with Crippen molar-refractivity contribution >= 4 is 17.2 Å². The zero-order valence-electron chi connectivity index (χ0n) is 10.0. The molecule has 0 fully saturated rings. The molecular formula is C13H17N3O. The zero-order valence-corrected chi connectivity index (χ0v) is 10.0. The maximum atomic E-state index is 5.61. The van der Waals surface area contributed by atoms with Crippen LogP contribution in [-0.4, -0.2) is 25.5 Å². The number of hydrogen-bond acceptors (Lipinski definition) is 4. The van der Waals surface area contributed by atoms with Gasteiger partial charge >= 0.3 is 0 Å². The van der Waals surface area contributed by atoms with Crippen molar-refractivity contribution in [3.8, 4) is 5.75 Å². The highest BCUT2D eigenvalue weighted by molar-refractivity contribution is 5.98. The van der Waals surface area contributed by atoms with Crippen LogP contribution in [0.25, 0.3) is 0 Å². The van der Waals surface area contributed by atoms with E-state index in [-0.39, 0.29) is 0 Å². The predicted molar refractivity (Wildman–Crippen MR) is 70.3 cm³/mol. The van der Waals surface area contributed by atoms with E-state index in [0.29, 0.717) is 0 Å². The summed E-state index contributed by atoms with van der Waals surface area (Å²) in [7, 11) is 0. The normalized spacial score (nSPS) is 17.8. The third kappa shape index (κ3) is 1.95. The van der Waals surface area contributed by atoms with Gasteiger partial charge in [-0.25, -0.2) is 0 Å². The van der Waals surface area contributed by atoms with E-state index in [0.717, 1.165) is 55.5 Å². The number of rotatable bonds is 1. The van der Waals surface area contributed by atoms with Crippen LogP contribution < -0.4 is 15.4 Å². The summed E-state index contributed by atoms with van der Waals surface area (Å²) in [6.07, 6.45) is 2.22. The van der Waals surface area contributed by atoms with Crippen LogP contribution in [0, 0.1) is 6.92 Å². The Balaban J connectivity index is 1.89. The lowest BCUT2D eigenvalue weighted by Gasteiger charge is -2.23. The third-order valence-corrected chi connectivity index (χ3v) is 3.24. The number of anilines is 2. The Hall–Kier alpha value is -1.71. The minimum Gasteiger partial charge on any atom is -0.490 e. The van der Waals surface area contributed by atoms with Crippen molar-refractivity contribution in [1.29, 1.82) is 0 Å². The Bertz CT molecular complexity index is 468. The maximum absolute atomic E-state index is 5.61. The van der Waals surface area contributed by atoms with Crippen LogP contribution in [-0.2, 0) is 0 Å². The minimum atomic E-state index is 0.742. The fourth-order valence-electron chi connectivity index (χ4n) is 2.30. The van der Waals surface area contributed by atoms with Crippen LogP contribution in [0.15, 0.2) is 17.1 Å². The number of aliphatic imine (C=N–C) groups is 1. The smallest absolute Gasteiger partial charge is 0.142 e. The van der Waals surface area contributed by atoms with Crippen LogP contribution >= 0.6 is 0 Å². The second kappa shape index (κ2) is 4.28. The van der Waals surface area contributed by atoms with Crippen LogP contribution in [0.5, 0.6) is 5.75 Å². The van der Waals surface area contributed by atoms with Crippen molar-refractivity contribution in [1.82, 2.24) is 0 Å². The first-order chi connectivity index (χ1) is 8.34. The van der Waals surface area contributed by atoms with Crippen LogP contribution in [0.4, 0.5) is 11.4 Å². The molecule has 4 heteroatoms. The molecule has 0 aromatic heterocycles. The number of nitrogens with one attached hydrogen (secondary N) is 2. The lowest BCUT2D eigenvalue weighted by Crippen LogP contribution is -2.19. The Morgan fingerprint density at radius 1 is 1.41 bits per heavy atom. The van der Waals surface area contributed by atoms with E-state index in [1.54, 1.807) is 0 Å². The van der Waals surface area contributed by atoms with Gasteiger partial charge in [-0.1, -0.05) is 0 Å². The van der Waals surface area contributed by atoms with Gasteiger partial charge in [0.1, 0.15) is 18.2 Å². The van der Waals surface area contributed by atoms with Crippen molar-refractivity contribution in [2.75, 3.05) is 30.3 Å². The lowest BCUT2D eigenvalue weighted by atomic mass is 10.1. The van der Waals surface area contributed by atoms with Crippen molar-refractivity contribution < 1.29 is 4.74 Å². The summed E-state index contributed by atoms with van der Waals surface area (Å²) in [5, 5.41) is 6.81. The molecule has 3 rings (SSSR count). The van der Waals surface area contributed by atoms with Gasteiger partial charge in [0, 0.05) is 25.2 Å². The van der Waals surface area contributed by atoms with E-state index in [9.17, 15) is 0 Å². The van der Waals surface area contributed by atoms with Crippen molar-refractivity contribution in [2.45, 2.75) is 19.8 Å². The SMILES string of the molecule is Cc1c(NC2=NCCC2)ccc2c1NCCO2. The van der Waals surface area contributed by atoms with E-state index in [4.69, 9.17) is 4.74 Å². The molecule has 17 heavy (non-hydrogen) atoms. The molecular weight excluding hydrogens is 214 g/mol. The quantitative estimate of drug-likeness (QED) is 0.780. The molecule has 0 aliphatic carbocycles. The summed E-state index contributed by atoms with van der Waals surface area (Å²) in [4.78, 5) is 4.44. The monoisotopic (exact) mass is 231 g/mol. The van der Waals surface area contributed by atoms with E-state index >= 15 is 0 Å². The number of hydrogen-bond donors (Lipinski definition) is 2. The molecule has 2 N–H and O–H groups in total. The van der Waals surface area contributed by atoms with Gasteiger partial charge in [0.05, 0.1) is 5.69 Å². The van der Waals surface area contributed by atoms with Gasteiger partial charge in [-0.3, -0.25) is 4.99 Å². The van der Waals surface area contributed by atoms with Crippen LogP contribution in [0.2, 0.25) is 0 Å². The Kier molecular flexibility index (Phi) is 2.63. The molecule has 1 aromatic rings. The highest BCUT2D eigenvalue weighted by atomic mass is 16.5. The van der Waals surface area contributed by atoms with E-state index in [1.165, 1.54) is 5.56 Å². The van der Waals surface area contributed by atoms with E-state index in [1.807, 2.05) is 6.07 Å². The second-order valence-corrected chi connectivity index (χ2v) is 4.44. The molecule has 0 radical (unpaired) electrons. The van der Waals surface area contributed by atoms with Gasteiger partial charge in [-0.2, -0.15) is 0 Å². The van der Waals surface area contributed by atoms with Gasteiger partial charge in [0.2, 0.25) is 0 Å². The summed E-state index contributed by atoms with van der Waals surface area (Å²) in [6.45, 7) is 4.68. The van der Waals surface area contributed by atoms with E-state index < -0.39 is 0 Å². The Labute approximate surface area is 101 Å². The molecule has 0 saturated heterocycles. The average molecular weight is 231 g/mol. The molecule has 2 aliphatic rings. The highest BCUT2D eigenvalue weighted by Crippen LogP contribution is 2.35. The largest absolute Gasteiger partial charge is 0.490 e. The average Bonchev–Trinajstić information content (AvgIpc) is 2.86. The molecule has 0 spiro atoms. The molecule has 90 valence electrons. The molecule has 4 nitrogen and oxygen atoms in total. The minimum absolute atomic E-state index is 0.742. The fourth-order valence-corrected chi connectivity index (χ4v) is 2.30. The van der Waals surface area contributed by atoms with Crippen LogP contribution in [0.3, 0.4) is 0 Å². The summed E-state index contributed by atoms with van der Waals surface area (Å²) in [5.74, 6) is 2.05. The van der Waals surface area contributed by atoms with Gasteiger partial charge in [-0.05, 0) is 31.0 Å². The molecule has 0 amide bonds. The Morgan fingerprint density at radius 2 is 2.35 bits per heavy atom. The number of ether oxygens (including phenoxy) is 1. The fraction of sp³-hybridized carbons (Fsp3) is 0.462. The zero-order chi connectivity index (χ0) is 11.7. The van der Waals surface area contributed by atoms with Gasteiger partial charge in [-0.15, -0.1) is 0 Å². The lowest BCUT2D eigenvalue weighted by molar-refractivity contribution is 0.323. The van der Waals surface area contributed by atoms with Gasteiger partial charge < -0.3 is 15.4 Å². The molecule has 2 aliphatic heterocycles. The summed E-state index contributed by atoms with van der Waals surface area (Å²) in [5.41, 5.74) is 3.44. The number of nitrogens with zero attached hydrogens (tertiary/aromatic N) is 1. The summed E-state index contributed by atoms with van der Waals surface area (Å²) >= 11 is 0. The molecule has 0 unspecified atom stereocenters. The highest BCUT2D eigenvalue weighted by Gasteiger charge is 2.15. The van der Waals surface area contributed by atoms with Crippen molar-refractivity contribution in [2.24, 2.45) is 4.99 Å². The Morgan fingerprint density at radius 3 is 3.18 bits per heavy atom. The molecule has 1 aromatic carbocycles. The maximum Gasteiger partial charge on any atom is 0.142 e. The number of fused-ring (bicyclic) bond motifs is 1. The first-order valence-electron chi connectivity index (χ1n) is 6.15. The standard InChI is InChI=1S/C13H17N3O/c1-9-10(16-12-3-2-6-14-12)4-5-11-13(9)15-7-8-17-11/h4-5,15H,2-3,6-8H2,1H3,(H,14,16). The van der Waals surface area contributed by atoms with Crippen LogP contribution in [0.1, 0.15) is 18.4 Å². The predicted octanol–water partition coefficient (Wildman–Crippen LogP) is 2.40. The molecule has 0 bridgehead atoms. The molecule has 0 saturated carbocycles. The first kappa shape index (κ1) is 10.4. The van der Waals surface area contributed by atoms with Crippen molar-refractivity contribution in [3.05, 3.63) is 17.7 Å². The molecule has 0 atom stereocenters. The van der Waals surface area contributed by atoms with E-state index in [2.05, 4.69) is 28.6 Å². The topological polar surface area (TPSA) is 45.7 Å².